The van der Waals surface area contributed by atoms with Gasteiger partial charge < -0.3 is 21.1 Å². The van der Waals surface area contributed by atoms with Crippen molar-refractivity contribution in [1.82, 2.24) is 0 Å². The first kappa shape index (κ1) is 7.68. The van der Waals surface area contributed by atoms with E-state index in [4.69, 9.17) is 21.1 Å². The minimum atomic E-state index is -1.67. The molecule has 5 N–H and O–H groups in total. The van der Waals surface area contributed by atoms with Crippen LogP contribution >= 0.6 is 0 Å². The van der Waals surface area contributed by atoms with E-state index in [2.05, 4.69) is 0 Å². The lowest BCUT2D eigenvalue weighted by molar-refractivity contribution is -0.114. The highest BCUT2D eigenvalue weighted by atomic mass is 16.4. The van der Waals surface area contributed by atoms with Gasteiger partial charge in [-0.25, -0.2) is 0 Å². The first-order valence-electron chi connectivity index (χ1n) is 3.08. The Balaban J connectivity index is 2.75. The molecule has 0 radical (unpaired) electrons. The van der Waals surface area contributed by atoms with Crippen molar-refractivity contribution >= 4 is 0 Å². The largest absolute Gasteiger partial charge is 0.386 e. The lowest BCUT2D eigenvalue weighted by Crippen LogP contribution is -2.56. The van der Waals surface area contributed by atoms with E-state index in [0.717, 1.165) is 0 Å². The molecule has 1 aliphatic rings. The van der Waals surface area contributed by atoms with Crippen LogP contribution in [0.5, 0.6) is 0 Å². The average Bonchev–Trinajstić information content (AvgIpc) is 1.83. The Morgan fingerprint density at radius 1 is 1.50 bits per heavy atom. The predicted octanol–water partition coefficient (Wildman–Crippen LogP) is -1.68. The maximum Gasteiger partial charge on any atom is 0.146 e. The molecule has 0 heterocycles. The van der Waals surface area contributed by atoms with Crippen molar-refractivity contribution in [1.29, 1.82) is 0 Å². The lowest BCUT2D eigenvalue weighted by atomic mass is 9.93. The van der Waals surface area contributed by atoms with E-state index in [0.29, 0.717) is 0 Å². The summed E-state index contributed by atoms with van der Waals surface area (Å²) in [5, 5.41) is 27.1. The van der Waals surface area contributed by atoms with E-state index in [1.54, 1.807) is 0 Å². The molecule has 0 amide bonds. The van der Waals surface area contributed by atoms with Crippen molar-refractivity contribution in [2.45, 2.75) is 24.4 Å². The van der Waals surface area contributed by atoms with Crippen LogP contribution in [0.1, 0.15) is 6.42 Å². The molecule has 1 rings (SSSR count). The molecular formula is C6H11NO3. The van der Waals surface area contributed by atoms with Crippen LogP contribution in [0.3, 0.4) is 0 Å². The van der Waals surface area contributed by atoms with E-state index < -0.39 is 17.9 Å². The third-order valence-corrected chi connectivity index (χ3v) is 1.61. The van der Waals surface area contributed by atoms with Crippen LogP contribution in [-0.2, 0) is 0 Å². The molecule has 3 atom stereocenters. The van der Waals surface area contributed by atoms with E-state index in [1.807, 2.05) is 0 Å². The van der Waals surface area contributed by atoms with Crippen LogP contribution in [0, 0.1) is 0 Å². The highest BCUT2D eigenvalue weighted by Gasteiger charge is 2.36. The number of hydrogen-bond acceptors (Lipinski definition) is 4. The lowest BCUT2D eigenvalue weighted by Gasteiger charge is -2.32. The minimum absolute atomic E-state index is 0.172. The predicted molar refractivity (Wildman–Crippen MR) is 34.9 cm³/mol. The topological polar surface area (TPSA) is 86.7 Å². The van der Waals surface area contributed by atoms with Gasteiger partial charge in [0, 0.05) is 6.42 Å². The summed E-state index contributed by atoms with van der Waals surface area (Å²) in [5.41, 5.74) is 3.53. The summed E-state index contributed by atoms with van der Waals surface area (Å²) in [6, 6.07) is 0. The molecule has 0 fully saturated rings. The van der Waals surface area contributed by atoms with Gasteiger partial charge in [0.05, 0.1) is 0 Å². The van der Waals surface area contributed by atoms with Gasteiger partial charge in [-0.2, -0.15) is 0 Å². The summed E-state index contributed by atoms with van der Waals surface area (Å²) in [5.74, 6) is 0. The van der Waals surface area contributed by atoms with Gasteiger partial charge in [-0.3, -0.25) is 0 Å². The molecule has 1 aliphatic carbocycles. The molecule has 0 aromatic heterocycles. The summed E-state index contributed by atoms with van der Waals surface area (Å²) in [6.07, 6.45) is 0.787. The molecule has 10 heavy (non-hydrogen) atoms. The van der Waals surface area contributed by atoms with E-state index in [1.165, 1.54) is 12.2 Å². The van der Waals surface area contributed by atoms with Gasteiger partial charge >= 0.3 is 0 Å². The second-order valence-electron chi connectivity index (χ2n) is 2.56. The molecule has 0 spiro atoms. The molecule has 0 aliphatic heterocycles. The second kappa shape index (κ2) is 2.32. The second-order valence-corrected chi connectivity index (χ2v) is 2.56. The zero-order chi connectivity index (χ0) is 7.78. The zero-order valence-electron chi connectivity index (χ0n) is 5.44. The van der Waals surface area contributed by atoms with Crippen molar-refractivity contribution in [2.24, 2.45) is 5.73 Å². The van der Waals surface area contributed by atoms with E-state index in [9.17, 15) is 0 Å². The third-order valence-electron chi connectivity index (χ3n) is 1.61. The molecule has 0 saturated carbocycles. The highest BCUT2D eigenvalue weighted by Crippen LogP contribution is 2.18. The molecule has 4 heteroatoms. The fraction of sp³-hybridized carbons (Fsp3) is 0.667. The summed E-state index contributed by atoms with van der Waals surface area (Å²) in [4.78, 5) is 0. The summed E-state index contributed by atoms with van der Waals surface area (Å²) >= 11 is 0. The van der Waals surface area contributed by atoms with Crippen molar-refractivity contribution in [2.75, 3.05) is 0 Å². The third kappa shape index (κ3) is 1.19. The SMILES string of the molecule is NC1(O)CC=CC(O)C1O. The first-order chi connectivity index (χ1) is 4.54. The Hall–Kier alpha value is -0.420. The molecule has 3 unspecified atom stereocenters. The number of rotatable bonds is 0. The van der Waals surface area contributed by atoms with Crippen LogP contribution in [0.25, 0.3) is 0 Å². The standard InChI is InChI=1S/C6H11NO3/c7-6(10)3-1-2-4(8)5(6)9/h1-2,4-5,8-10H,3,7H2. The van der Waals surface area contributed by atoms with Gasteiger partial charge in [-0.05, 0) is 0 Å². The minimum Gasteiger partial charge on any atom is -0.386 e. The van der Waals surface area contributed by atoms with E-state index in [-0.39, 0.29) is 6.42 Å². The normalized spacial score (nSPS) is 47.6. The first-order valence-corrected chi connectivity index (χ1v) is 3.08. The molecule has 0 aromatic carbocycles. The Labute approximate surface area is 58.6 Å². The van der Waals surface area contributed by atoms with Crippen LogP contribution in [0.4, 0.5) is 0 Å². The van der Waals surface area contributed by atoms with Crippen molar-refractivity contribution in [3.8, 4) is 0 Å². The fourth-order valence-corrected chi connectivity index (χ4v) is 0.918. The Morgan fingerprint density at radius 2 is 2.10 bits per heavy atom. The van der Waals surface area contributed by atoms with Gasteiger partial charge in [0.25, 0.3) is 0 Å². The zero-order valence-corrected chi connectivity index (χ0v) is 5.44. The van der Waals surface area contributed by atoms with Crippen LogP contribution in [0.2, 0.25) is 0 Å². The van der Waals surface area contributed by atoms with Crippen molar-refractivity contribution < 1.29 is 15.3 Å². The molecule has 58 valence electrons. The summed E-state index contributed by atoms with van der Waals surface area (Å²) < 4.78 is 0. The smallest absolute Gasteiger partial charge is 0.146 e. The van der Waals surface area contributed by atoms with Gasteiger partial charge in [-0.1, -0.05) is 12.2 Å². The van der Waals surface area contributed by atoms with Crippen LogP contribution in [-0.4, -0.2) is 33.3 Å². The molecule has 0 aromatic rings. The number of hydrogen-bond donors (Lipinski definition) is 4. The van der Waals surface area contributed by atoms with Crippen LogP contribution < -0.4 is 5.73 Å². The summed E-state index contributed by atoms with van der Waals surface area (Å²) in [7, 11) is 0. The monoisotopic (exact) mass is 145 g/mol. The van der Waals surface area contributed by atoms with Gasteiger partial charge in [0.15, 0.2) is 0 Å². The Kier molecular flexibility index (Phi) is 1.78. The van der Waals surface area contributed by atoms with Gasteiger partial charge in [-0.15, -0.1) is 0 Å². The Morgan fingerprint density at radius 3 is 2.50 bits per heavy atom. The van der Waals surface area contributed by atoms with Gasteiger partial charge in [0.2, 0.25) is 0 Å². The van der Waals surface area contributed by atoms with E-state index >= 15 is 0 Å². The fourth-order valence-electron chi connectivity index (χ4n) is 0.918. The number of nitrogens with two attached hydrogens (primary N) is 1. The summed E-state index contributed by atoms with van der Waals surface area (Å²) in [6.45, 7) is 0. The molecule has 0 saturated heterocycles. The number of aliphatic hydroxyl groups excluding tert-OH is 2. The maximum atomic E-state index is 9.13. The van der Waals surface area contributed by atoms with Crippen LogP contribution in [0.15, 0.2) is 12.2 Å². The molecule has 0 bridgehead atoms. The average molecular weight is 145 g/mol. The maximum absolute atomic E-state index is 9.13. The molecular weight excluding hydrogens is 134 g/mol. The van der Waals surface area contributed by atoms with Crippen molar-refractivity contribution in [3.63, 3.8) is 0 Å². The number of aliphatic hydroxyl groups is 3. The quantitative estimate of drug-likeness (QED) is 0.242. The highest BCUT2D eigenvalue weighted by molar-refractivity contribution is 5.06. The van der Waals surface area contributed by atoms with Crippen molar-refractivity contribution in [3.05, 3.63) is 12.2 Å². The van der Waals surface area contributed by atoms with Gasteiger partial charge in [0.1, 0.15) is 17.9 Å². The Bertz CT molecular complexity index is 155. The molecule has 4 nitrogen and oxygen atoms in total.